The first kappa shape index (κ1) is 25.7. The average Bonchev–Trinajstić information content (AvgIpc) is 2.96. The number of esters is 1. The summed E-state index contributed by atoms with van der Waals surface area (Å²) in [4.78, 5) is 12.5. The molecule has 1 atom stereocenters. The molecular formula is C31H23ClN2O5. The number of benzene rings is 4. The van der Waals surface area contributed by atoms with Crippen molar-refractivity contribution in [3.63, 3.8) is 0 Å². The standard InChI is InChI=1S/C31H23ClN2O5/c1-36-28-15-20(11-14-26(28)37-18-21-9-5-6-10-25(21)32)29-23-13-12-22(16-27(23)39-30(34)24(29)17-33)38-31(35)19-7-3-2-4-8-19/h2-16,29H,18,34H2,1H3. The number of methoxy groups -OCH3 is 1. The van der Waals surface area contributed by atoms with Gasteiger partial charge in [-0.25, -0.2) is 4.79 Å². The maximum atomic E-state index is 12.5. The molecule has 1 unspecified atom stereocenters. The molecule has 0 spiro atoms. The fourth-order valence-corrected chi connectivity index (χ4v) is 4.53. The van der Waals surface area contributed by atoms with Crippen molar-refractivity contribution >= 4 is 17.6 Å². The minimum absolute atomic E-state index is 0.0282. The van der Waals surface area contributed by atoms with E-state index in [2.05, 4.69) is 6.07 Å². The molecule has 1 aliphatic rings. The number of halogens is 1. The molecule has 0 bridgehead atoms. The molecule has 1 aliphatic heterocycles. The number of carbonyl (C=O) groups is 1. The van der Waals surface area contributed by atoms with Gasteiger partial charge in [0.15, 0.2) is 11.5 Å². The van der Waals surface area contributed by atoms with Crippen LogP contribution < -0.4 is 24.7 Å². The monoisotopic (exact) mass is 538 g/mol. The highest BCUT2D eigenvalue weighted by molar-refractivity contribution is 6.31. The minimum Gasteiger partial charge on any atom is -0.493 e. The van der Waals surface area contributed by atoms with Gasteiger partial charge < -0.3 is 24.7 Å². The second-order valence-corrected chi connectivity index (χ2v) is 9.08. The number of hydrogen-bond donors (Lipinski definition) is 1. The number of ether oxygens (including phenoxy) is 4. The summed E-state index contributed by atoms with van der Waals surface area (Å²) in [5.41, 5.74) is 9.11. The third kappa shape index (κ3) is 5.37. The van der Waals surface area contributed by atoms with Crippen molar-refractivity contribution in [2.24, 2.45) is 5.73 Å². The Balaban J connectivity index is 1.44. The molecule has 4 aromatic carbocycles. The number of hydrogen-bond acceptors (Lipinski definition) is 7. The van der Waals surface area contributed by atoms with E-state index in [0.717, 1.165) is 11.1 Å². The number of carbonyl (C=O) groups excluding carboxylic acids is 1. The van der Waals surface area contributed by atoms with Crippen LogP contribution in [-0.4, -0.2) is 13.1 Å². The van der Waals surface area contributed by atoms with Crippen LogP contribution in [0.5, 0.6) is 23.0 Å². The molecule has 4 aromatic rings. The molecule has 0 aromatic heterocycles. The zero-order valence-electron chi connectivity index (χ0n) is 20.9. The molecular weight excluding hydrogens is 516 g/mol. The maximum absolute atomic E-state index is 12.5. The van der Waals surface area contributed by atoms with Crippen molar-refractivity contribution in [3.8, 4) is 29.1 Å². The van der Waals surface area contributed by atoms with Crippen LogP contribution >= 0.6 is 11.6 Å². The summed E-state index contributed by atoms with van der Waals surface area (Å²) in [5, 5.41) is 10.5. The van der Waals surface area contributed by atoms with E-state index in [4.69, 9.17) is 36.3 Å². The summed E-state index contributed by atoms with van der Waals surface area (Å²) >= 11 is 6.26. The summed E-state index contributed by atoms with van der Waals surface area (Å²) < 4.78 is 22.9. The highest BCUT2D eigenvalue weighted by atomic mass is 35.5. The normalized spacial score (nSPS) is 14.0. The molecule has 194 valence electrons. The predicted molar refractivity (Wildman–Crippen MR) is 146 cm³/mol. The molecule has 0 saturated heterocycles. The molecule has 0 radical (unpaired) electrons. The highest BCUT2D eigenvalue weighted by Crippen LogP contribution is 2.45. The Morgan fingerprint density at radius 3 is 2.51 bits per heavy atom. The fourth-order valence-electron chi connectivity index (χ4n) is 4.34. The van der Waals surface area contributed by atoms with E-state index < -0.39 is 11.9 Å². The van der Waals surface area contributed by atoms with Crippen molar-refractivity contribution in [2.45, 2.75) is 12.5 Å². The maximum Gasteiger partial charge on any atom is 0.343 e. The number of nitriles is 1. The van der Waals surface area contributed by atoms with Crippen molar-refractivity contribution in [1.29, 1.82) is 5.26 Å². The van der Waals surface area contributed by atoms with Crippen LogP contribution in [0.25, 0.3) is 0 Å². The van der Waals surface area contributed by atoms with E-state index in [1.165, 1.54) is 0 Å². The Labute approximate surface area is 230 Å². The number of fused-ring (bicyclic) bond motifs is 1. The Hall–Kier alpha value is -4.93. The van der Waals surface area contributed by atoms with Crippen LogP contribution in [0.3, 0.4) is 0 Å². The molecule has 2 N–H and O–H groups in total. The summed E-state index contributed by atoms with van der Waals surface area (Å²) in [7, 11) is 1.54. The predicted octanol–water partition coefficient (Wildman–Crippen LogP) is 6.36. The van der Waals surface area contributed by atoms with Crippen LogP contribution in [0.4, 0.5) is 0 Å². The quantitative estimate of drug-likeness (QED) is 0.215. The molecule has 0 fully saturated rings. The van der Waals surface area contributed by atoms with Gasteiger partial charge in [0.1, 0.15) is 29.7 Å². The molecule has 39 heavy (non-hydrogen) atoms. The van der Waals surface area contributed by atoms with E-state index in [1.54, 1.807) is 67.8 Å². The Morgan fingerprint density at radius 1 is 1.00 bits per heavy atom. The van der Waals surface area contributed by atoms with Gasteiger partial charge in [0.2, 0.25) is 5.88 Å². The van der Waals surface area contributed by atoms with Gasteiger partial charge in [-0.1, -0.05) is 60.1 Å². The lowest BCUT2D eigenvalue weighted by molar-refractivity contribution is 0.0734. The smallest absolute Gasteiger partial charge is 0.343 e. The average molecular weight is 539 g/mol. The molecule has 0 amide bonds. The SMILES string of the molecule is COc1cc(C2C(C#N)=C(N)Oc3cc(OC(=O)c4ccccc4)ccc32)ccc1OCc1ccccc1Cl. The Kier molecular flexibility index (Phi) is 7.39. The largest absolute Gasteiger partial charge is 0.493 e. The zero-order valence-corrected chi connectivity index (χ0v) is 21.6. The van der Waals surface area contributed by atoms with E-state index in [9.17, 15) is 10.1 Å². The molecule has 0 saturated carbocycles. The van der Waals surface area contributed by atoms with Crippen molar-refractivity contribution < 1.29 is 23.7 Å². The number of nitrogens with zero attached hydrogens (tertiary/aromatic N) is 1. The minimum atomic E-state index is -0.538. The highest BCUT2D eigenvalue weighted by Gasteiger charge is 2.32. The third-order valence-electron chi connectivity index (χ3n) is 6.27. The molecule has 5 rings (SSSR count). The van der Waals surface area contributed by atoms with Gasteiger partial charge in [0.05, 0.1) is 18.6 Å². The van der Waals surface area contributed by atoms with E-state index in [1.807, 2.05) is 30.3 Å². The fraction of sp³-hybridized carbons (Fsp3) is 0.0968. The number of nitrogens with two attached hydrogens (primary N) is 1. The second kappa shape index (κ2) is 11.2. The zero-order chi connectivity index (χ0) is 27.4. The van der Waals surface area contributed by atoms with E-state index in [0.29, 0.717) is 33.4 Å². The van der Waals surface area contributed by atoms with Crippen LogP contribution in [0.2, 0.25) is 5.02 Å². The van der Waals surface area contributed by atoms with Crippen LogP contribution in [0, 0.1) is 11.3 Å². The molecule has 1 heterocycles. The van der Waals surface area contributed by atoms with Gasteiger partial charge in [-0.3, -0.25) is 0 Å². The van der Waals surface area contributed by atoms with Crippen LogP contribution in [0.15, 0.2) is 102 Å². The van der Waals surface area contributed by atoms with Gasteiger partial charge in [0, 0.05) is 22.2 Å². The Morgan fingerprint density at radius 2 is 1.77 bits per heavy atom. The molecule has 7 nitrogen and oxygen atoms in total. The van der Waals surface area contributed by atoms with Gasteiger partial charge in [-0.15, -0.1) is 0 Å². The van der Waals surface area contributed by atoms with Gasteiger partial charge >= 0.3 is 5.97 Å². The van der Waals surface area contributed by atoms with Crippen molar-refractivity contribution in [1.82, 2.24) is 0 Å². The van der Waals surface area contributed by atoms with Gasteiger partial charge in [0.25, 0.3) is 0 Å². The van der Waals surface area contributed by atoms with Gasteiger partial charge in [-0.05, 0) is 42.0 Å². The molecule has 8 heteroatoms. The second-order valence-electron chi connectivity index (χ2n) is 8.67. The summed E-state index contributed by atoms with van der Waals surface area (Å²) in [6.07, 6.45) is 0. The lowest BCUT2D eigenvalue weighted by atomic mass is 9.83. The first-order valence-corrected chi connectivity index (χ1v) is 12.4. The lowest BCUT2D eigenvalue weighted by Gasteiger charge is -2.27. The van der Waals surface area contributed by atoms with Crippen LogP contribution in [0.1, 0.15) is 33.0 Å². The van der Waals surface area contributed by atoms with Crippen molar-refractivity contribution in [3.05, 3.63) is 130 Å². The first-order valence-electron chi connectivity index (χ1n) is 12.0. The van der Waals surface area contributed by atoms with Gasteiger partial charge in [-0.2, -0.15) is 5.26 Å². The topological polar surface area (TPSA) is 104 Å². The number of allylic oxidation sites excluding steroid dienone is 1. The first-order chi connectivity index (χ1) is 19.0. The summed E-state index contributed by atoms with van der Waals surface area (Å²) in [5.74, 6) is 0.609. The summed E-state index contributed by atoms with van der Waals surface area (Å²) in [6, 6.07) is 28.7. The Bertz CT molecular complexity index is 1610. The van der Waals surface area contributed by atoms with E-state index in [-0.39, 0.29) is 23.8 Å². The third-order valence-corrected chi connectivity index (χ3v) is 6.64. The number of rotatable bonds is 7. The van der Waals surface area contributed by atoms with E-state index >= 15 is 0 Å². The molecule has 0 aliphatic carbocycles. The van der Waals surface area contributed by atoms with Crippen LogP contribution in [-0.2, 0) is 6.61 Å². The lowest BCUT2D eigenvalue weighted by Crippen LogP contribution is -2.21. The summed E-state index contributed by atoms with van der Waals surface area (Å²) in [6.45, 7) is 0.260. The van der Waals surface area contributed by atoms with Crippen molar-refractivity contribution in [2.75, 3.05) is 7.11 Å².